The molecule has 0 aliphatic rings. The predicted molar refractivity (Wildman–Crippen MR) is 63.8 cm³/mol. The van der Waals surface area contributed by atoms with Gasteiger partial charge in [-0.25, -0.2) is 4.68 Å². The van der Waals surface area contributed by atoms with E-state index in [9.17, 15) is 4.79 Å². The van der Waals surface area contributed by atoms with E-state index in [1.165, 1.54) is 0 Å². The molecule has 1 aromatic carbocycles. The summed E-state index contributed by atoms with van der Waals surface area (Å²) in [4.78, 5) is 10.8. The molecule has 0 unspecified atom stereocenters. The molecule has 16 heavy (non-hydrogen) atoms. The van der Waals surface area contributed by atoms with Crippen molar-refractivity contribution in [3.8, 4) is 5.69 Å². The zero-order valence-electron chi connectivity index (χ0n) is 8.72. The Morgan fingerprint density at radius 1 is 1.44 bits per heavy atom. The second-order valence-corrected chi connectivity index (χ2v) is 4.11. The van der Waals surface area contributed by atoms with Gasteiger partial charge in [-0.15, -0.1) is 5.10 Å². The monoisotopic (exact) mass is 279 g/mol. The van der Waals surface area contributed by atoms with Crippen molar-refractivity contribution in [1.29, 1.82) is 0 Å². The lowest BCUT2D eigenvalue weighted by atomic mass is 10.2. The standard InChI is InChI=1S/C11H10BrN3O/c1-2-10-9(7-16)13-14-15(10)11-6-4-3-5-8(11)12/h3-7H,2H2,1H3. The van der Waals surface area contributed by atoms with Crippen LogP contribution in [0.3, 0.4) is 0 Å². The van der Waals surface area contributed by atoms with Gasteiger partial charge in [0.1, 0.15) is 5.69 Å². The van der Waals surface area contributed by atoms with Gasteiger partial charge in [0.25, 0.3) is 0 Å². The smallest absolute Gasteiger partial charge is 0.172 e. The molecule has 0 atom stereocenters. The highest BCUT2D eigenvalue weighted by molar-refractivity contribution is 9.10. The Labute approximate surface area is 101 Å². The Morgan fingerprint density at radius 2 is 2.19 bits per heavy atom. The zero-order chi connectivity index (χ0) is 11.5. The minimum Gasteiger partial charge on any atom is -0.296 e. The van der Waals surface area contributed by atoms with E-state index >= 15 is 0 Å². The molecule has 0 saturated carbocycles. The fourth-order valence-electron chi connectivity index (χ4n) is 1.55. The summed E-state index contributed by atoms with van der Waals surface area (Å²) in [6.45, 7) is 1.97. The van der Waals surface area contributed by atoms with Gasteiger partial charge in [0.05, 0.1) is 11.4 Å². The number of nitrogens with zero attached hydrogens (tertiary/aromatic N) is 3. The van der Waals surface area contributed by atoms with Gasteiger partial charge in [0, 0.05) is 4.47 Å². The average molecular weight is 280 g/mol. The predicted octanol–water partition coefficient (Wildman–Crippen LogP) is 2.40. The highest BCUT2D eigenvalue weighted by Gasteiger charge is 2.13. The van der Waals surface area contributed by atoms with Gasteiger partial charge in [0.2, 0.25) is 0 Å². The third kappa shape index (κ3) is 1.78. The Kier molecular flexibility index (Phi) is 3.14. The van der Waals surface area contributed by atoms with E-state index in [-0.39, 0.29) is 0 Å². The van der Waals surface area contributed by atoms with Crippen LogP contribution in [0.2, 0.25) is 0 Å². The van der Waals surface area contributed by atoms with Gasteiger partial charge in [-0.05, 0) is 34.5 Å². The fourth-order valence-corrected chi connectivity index (χ4v) is 2.01. The third-order valence-electron chi connectivity index (χ3n) is 2.32. The Morgan fingerprint density at radius 3 is 2.81 bits per heavy atom. The molecule has 0 fully saturated rings. The molecule has 5 heteroatoms. The Bertz CT molecular complexity index is 522. The van der Waals surface area contributed by atoms with Crippen LogP contribution in [0.5, 0.6) is 0 Å². The summed E-state index contributed by atoms with van der Waals surface area (Å²) in [5, 5.41) is 7.84. The van der Waals surface area contributed by atoms with E-state index < -0.39 is 0 Å². The van der Waals surface area contributed by atoms with Gasteiger partial charge in [0.15, 0.2) is 6.29 Å². The van der Waals surface area contributed by atoms with Gasteiger partial charge >= 0.3 is 0 Å². The van der Waals surface area contributed by atoms with Crippen molar-refractivity contribution in [2.45, 2.75) is 13.3 Å². The van der Waals surface area contributed by atoms with Gasteiger partial charge < -0.3 is 0 Å². The van der Waals surface area contributed by atoms with Crippen LogP contribution in [0.4, 0.5) is 0 Å². The van der Waals surface area contributed by atoms with Crippen LogP contribution in [-0.2, 0) is 6.42 Å². The van der Waals surface area contributed by atoms with E-state index in [4.69, 9.17) is 0 Å². The van der Waals surface area contributed by atoms with Gasteiger partial charge in [-0.1, -0.05) is 24.3 Å². The number of carbonyl (C=O) groups is 1. The van der Waals surface area contributed by atoms with E-state index in [1.807, 2.05) is 31.2 Å². The van der Waals surface area contributed by atoms with E-state index in [2.05, 4.69) is 26.2 Å². The first-order valence-corrected chi connectivity index (χ1v) is 5.72. The van der Waals surface area contributed by atoms with Crippen LogP contribution in [0.25, 0.3) is 5.69 Å². The van der Waals surface area contributed by atoms with Crippen LogP contribution in [0, 0.1) is 0 Å². The first-order valence-electron chi connectivity index (χ1n) is 4.92. The lowest BCUT2D eigenvalue weighted by Crippen LogP contribution is -2.03. The lowest BCUT2D eigenvalue weighted by molar-refractivity contribution is 0.111. The number of hydrogen-bond donors (Lipinski definition) is 0. The Balaban J connectivity index is 2.60. The topological polar surface area (TPSA) is 47.8 Å². The number of aromatic nitrogens is 3. The molecular weight excluding hydrogens is 270 g/mol. The fraction of sp³-hybridized carbons (Fsp3) is 0.182. The molecule has 1 heterocycles. The molecule has 82 valence electrons. The first-order chi connectivity index (χ1) is 7.77. The maximum atomic E-state index is 10.8. The number of halogens is 1. The number of rotatable bonds is 3. The zero-order valence-corrected chi connectivity index (χ0v) is 10.3. The number of carbonyl (C=O) groups excluding carboxylic acids is 1. The van der Waals surface area contributed by atoms with Crippen molar-refractivity contribution >= 4 is 22.2 Å². The minimum atomic E-state index is 0.401. The maximum absolute atomic E-state index is 10.8. The second kappa shape index (κ2) is 4.57. The van der Waals surface area contributed by atoms with Crippen molar-refractivity contribution in [3.63, 3.8) is 0 Å². The summed E-state index contributed by atoms with van der Waals surface area (Å²) < 4.78 is 2.61. The normalized spacial score (nSPS) is 10.4. The molecule has 0 bridgehead atoms. The summed E-state index contributed by atoms with van der Waals surface area (Å²) in [6, 6.07) is 7.70. The summed E-state index contributed by atoms with van der Waals surface area (Å²) in [5.74, 6) is 0. The SMILES string of the molecule is CCc1c(C=O)nnn1-c1ccccc1Br. The minimum absolute atomic E-state index is 0.401. The summed E-state index contributed by atoms with van der Waals surface area (Å²) >= 11 is 3.45. The molecule has 0 radical (unpaired) electrons. The van der Waals surface area contributed by atoms with Crippen molar-refractivity contribution < 1.29 is 4.79 Å². The number of benzene rings is 1. The van der Waals surface area contributed by atoms with Crippen LogP contribution in [0.1, 0.15) is 23.1 Å². The maximum Gasteiger partial charge on any atom is 0.172 e. The van der Waals surface area contributed by atoms with Crippen molar-refractivity contribution in [2.75, 3.05) is 0 Å². The molecule has 0 amide bonds. The number of aldehydes is 1. The van der Waals surface area contributed by atoms with Crippen LogP contribution >= 0.6 is 15.9 Å². The lowest BCUT2D eigenvalue weighted by Gasteiger charge is -2.06. The van der Waals surface area contributed by atoms with Gasteiger partial charge in [-0.3, -0.25) is 4.79 Å². The molecule has 2 rings (SSSR count). The summed E-state index contributed by atoms with van der Waals surface area (Å²) in [5.41, 5.74) is 2.11. The van der Waals surface area contributed by atoms with E-state index in [0.29, 0.717) is 12.1 Å². The largest absolute Gasteiger partial charge is 0.296 e. The second-order valence-electron chi connectivity index (χ2n) is 3.26. The molecule has 0 saturated heterocycles. The van der Waals surface area contributed by atoms with Crippen molar-refractivity contribution in [1.82, 2.24) is 15.0 Å². The molecular formula is C11H10BrN3O. The summed E-state index contributed by atoms with van der Waals surface area (Å²) in [6.07, 6.45) is 1.45. The van der Waals surface area contributed by atoms with Crippen LogP contribution < -0.4 is 0 Å². The highest BCUT2D eigenvalue weighted by Crippen LogP contribution is 2.21. The summed E-state index contributed by atoms with van der Waals surface area (Å²) in [7, 11) is 0. The molecule has 0 aliphatic carbocycles. The highest BCUT2D eigenvalue weighted by atomic mass is 79.9. The third-order valence-corrected chi connectivity index (χ3v) is 2.99. The van der Waals surface area contributed by atoms with Gasteiger partial charge in [-0.2, -0.15) is 0 Å². The first kappa shape index (κ1) is 11.0. The average Bonchev–Trinajstić information content (AvgIpc) is 2.72. The molecule has 0 N–H and O–H groups in total. The van der Waals surface area contributed by atoms with E-state index in [0.717, 1.165) is 22.1 Å². The quantitative estimate of drug-likeness (QED) is 0.811. The van der Waals surface area contributed by atoms with Crippen molar-refractivity contribution in [3.05, 3.63) is 40.1 Å². The molecule has 0 aliphatic heterocycles. The van der Waals surface area contributed by atoms with Crippen LogP contribution in [0.15, 0.2) is 28.7 Å². The molecule has 0 spiro atoms. The number of hydrogen-bond acceptors (Lipinski definition) is 3. The van der Waals surface area contributed by atoms with Crippen LogP contribution in [-0.4, -0.2) is 21.3 Å². The molecule has 4 nitrogen and oxygen atoms in total. The Hall–Kier alpha value is -1.49. The molecule has 1 aromatic heterocycles. The van der Waals surface area contributed by atoms with Crippen molar-refractivity contribution in [2.24, 2.45) is 0 Å². The van der Waals surface area contributed by atoms with E-state index in [1.54, 1.807) is 4.68 Å². The molecule has 2 aromatic rings. The number of para-hydroxylation sites is 1.